The molecule has 3 rings (SSSR count). The Labute approximate surface area is 162 Å². The summed E-state index contributed by atoms with van der Waals surface area (Å²) in [4.78, 5) is 14.0. The van der Waals surface area contributed by atoms with E-state index >= 15 is 0 Å². The molecule has 1 aliphatic rings. The summed E-state index contributed by atoms with van der Waals surface area (Å²) in [5.41, 5.74) is -0.861. The van der Waals surface area contributed by atoms with Gasteiger partial charge in [-0.1, -0.05) is 13.8 Å². The predicted molar refractivity (Wildman–Crippen MR) is 88.9 cm³/mol. The molecule has 29 heavy (non-hydrogen) atoms. The summed E-state index contributed by atoms with van der Waals surface area (Å²) in [5, 5.41) is 6.68. The van der Waals surface area contributed by atoms with Crippen LogP contribution >= 0.6 is 0 Å². The van der Waals surface area contributed by atoms with E-state index in [0.717, 1.165) is 10.6 Å². The van der Waals surface area contributed by atoms with Crippen LogP contribution < -0.4 is 0 Å². The molecule has 0 bridgehead atoms. The molecule has 158 valence electrons. The molecular formula is C18H18F6N4O. The first-order valence-corrected chi connectivity index (χ1v) is 8.78. The van der Waals surface area contributed by atoms with Crippen LogP contribution in [0.25, 0.3) is 0 Å². The molecule has 0 fully saturated rings. The molecule has 0 aliphatic carbocycles. The molecule has 11 heteroatoms. The largest absolute Gasteiger partial charge is 0.451 e. The van der Waals surface area contributed by atoms with Crippen LogP contribution in [0.2, 0.25) is 0 Å². The van der Waals surface area contributed by atoms with E-state index in [1.54, 1.807) is 13.8 Å². The van der Waals surface area contributed by atoms with Crippen molar-refractivity contribution in [2.75, 3.05) is 6.54 Å². The first-order chi connectivity index (χ1) is 13.4. The number of hydrogen-bond donors (Lipinski definition) is 0. The van der Waals surface area contributed by atoms with Crippen LogP contribution in [0.5, 0.6) is 0 Å². The van der Waals surface area contributed by atoms with Crippen LogP contribution in [0.1, 0.15) is 37.5 Å². The molecule has 0 radical (unpaired) electrons. The quantitative estimate of drug-likeness (QED) is 0.560. The van der Waals surface area contributed by atoms with Crippen molar-refractivity contribution in [2.45, 2.75) is 46.0 Å². The first kappa shape index (κ1) is 21.1. The monoisotopic (exact) mass is 420 g/mol. The van der Waals surface area contributed by atoms with Gasteiger partial charge in [-0.2, -0.15) is 13.2 Å². The fourth-order valence-electron chi connectivity index (χ4n) is 3.38. The van der Waals surface area contributed by atoms with Crippen LogP contribution in [0.3, 0.4) is 0 Å². The van der Waals surface area contributed by atoms with Crippen molar-refractivity contribution < 1.29 is 31.1 Å². The molecule has 0 saturated heterocycles. The smallest absolute Gasteiger partial charge is 0.333 e. The van der Waals surface area contributed by atoms with Gasteiger partial charge in [0, 0.05) is 25.6 Å². The summed E-state index contributed by atoms with van der Waals surface area (Å²) in [5.74, 6) is -4.82. The molecule has 5 nitrogen and oxygen atoms in total. The molecular weight excluding hydrogens is 402 g/mol. The summed E-state index contributed by atoms with van der Waals surface area (Å²) < 4.78 is 80.0. The van der Waals surface area contributed by atoms with Crippen molar-refractivity contribution in [3.8, 4) is 0 Å². The Morgan fingerprint density at radius 1 is 1.03 bits per heavy atom. The molecule has 0 N–H and O–H groups in total. The van der Waals surface area contributed by atoms with Crippen LogP contribution in [-0.2, 0) is 30.5 Å². The van der Waals surface area contributed by atoms with Gasteiger partial charge in [0.15, 0.2) is 17.5 Å². The van der Waals surface area contributed by atoms with Gasteiger partial charge >= 0.3 is 6.18 Å². The highest BCUT2D eigenvalue weighted by atomic mass is 19.4. The minimum atomic E-state index is -4.63. The summed E-state index contributed by atoms with van der Waals surface area (Å²) in [6.07, 6.45) is -4.72. The zero-order chi connectivity index (χ0) is 21.6. The molecule has 0 saturated carbocycles. The number of benzene rings is 1. The predicted octanol–water partition coefficient (Wildman–Crippen LogP) is 3.72. The lowest BCUT2D eigenvalue weighted by Crippen LogP contribution is -2.41. The fraction of sp³-hybridized carbons (Fsp3) is 0.500. The third-order valence-electron chi connectivity index (χ3n) is 4.75. The maximum absolute atomic E-state index is 13.9. The van der Waals surface area contributed by atoms with Crippen LogP contribution in [-0.4, -0.2) is 32.1 Å². The number of carbonyl (C=O) groups excluding carboxylic acids is 1. The van der Waals surface area contributed by atoms with Crippen molar-refractivity contribution in [3.05, 3.63) is 46.8 Å². The molecule has 2 aromatic rings. The molecule has 1 aromatic heterocycles. The molecule has 1 amide bonds. The van der Waals surface area contributed by atoms with Crippen molar-refractivity contribution >= 4 is 5.91 Å². The average Bonchev–Trinajstić information content (AvgIpc) is 3.02. The van der Waals surface area contributed by atoms with Gasteiger partial charge in [-0.3, -0.25) is 4.79 Å². The van der Waals surface area contributed by atoms with Crippen molar-refractivity contribution in [1.82, 2.24) is 19.7 Å². The Balaban J connectivity index is 1.69. The zero-order valence-corrected chi connectivity index (χ0v) is 15.7. The van der Waals surface area contributed by atoms with E-state index in [9.17, 15) is 31.1 Å². The van der Waals surface area contributed by atoms with E-state index in [2.05, 4.69) is 10.2 Å². The van der Waals surface area contributed by atoms with Gasteiger partial charge in [-0.15, -0.1) is 10.2 Å². The lowest BCUT2D eigenvalue weighted by atomic mass is 9.82. The number of rotatable bonds is 4. The van der Waals surface area contributed by atoms with Crippen LogP contribution in [0.15, 0.2) is 12.1 Å². The van der Waals surface area contributed by atoms with E-state index in [4.69, 9.17) is 0 Å². The van der Waals surface area contributed by atoms with Gasteiger partial charge in [-0.25, -0.2) is 13.2 Å². The van der Waals surface area contributed by atoms with Gasteiger partial charge in [-0.05, 0) is 23.5 Å². The molecule has 2 heterocycles. The third-order valence-corrected chi connectivity index (χ3v) is 4.75. The minimum absolute atomic E-state index is 0.0238. The number of hydrogen-bond acceptors (Lipinski definition) is 3. The normalized spacial score (nSPS) is 14.8. The summed E-state index contributed by atoms with van der Waals surface area (Å²) in [6.45, 7) is 3.15. The number of amides is 1. The Morgan fingerprint density at radius 2 is 1.69 bits per heavy atom. The Kier molecular flexibility index (Phi) is 5.35. The average molecular weight is 420 g/mol. The Morgan fingerprint density at radius 3 is 2.34 bits per heavy atom. The highest BCUT2D eigenvalue weighted by molar-refractivity contribution is 5.77. The van der Waals surface area contributed by atoms with Gasteiger partial charge in [0.2, 0.25) is 11.7 Å². The second-order valence-corrected chi connectivity index (χ2v) is 7.78. The highest BCUT2D eigenvalue weighted by Crippen LogP contribution is 2.31. The molecule has 0 spiro atoms. The second-order valence-electron chi connectivity index (χ2n) is 7.78. The topological polar surface area (TPSA) is 51.0 Å². The summed E-state index contributed by atoms with van der Waals surface area (Å²) in [7, 11) is 0. The van der Waals surface area contributed by atoms with E-state index in [1.165, 1.54) is 4.90 Å². The standard InChI is InChI=1S/C18H18F6N4O/c1-17(2,7-10-5-12(20)13(21)6-11(10)19)8-15(29)27-3-4-28-14(9-27)25-26-16(28)18(22,23)24/h5-6H,3-4,7-9H2,1-2H3. The maximum Gasteiger partial charge on any atom is 0.451 e. The highest BCUT2D eigenvalue weighted by Gasteiger charge is 2.40. The Bertz CT molecular complexity index is 937. The molecule has 1 aromatic carbocycles. The van der Waals surface area contributed by atoms with Gasteiger partial charge in [0.05, 0.1) is 6.54 Å². The van der Waals surface area contributed by atoms with Gasteiger partial charge in [0.25, 0.3) is 0 Å². The first-order valence-electron chi connectivity index (χ1n) is 8.78. The van der Waals surface area contributed by atoms with Crippen molar-refractivity contribution in [1.29, 1.82) is 0 Å². The van der Waals surface area contributed by atoms with Gasteiger partial charge < -0.3 is 9.47 Å². The lowest BCUT2D eigenvalue weighted by molar-refractivity contribution is -0.148. The number of carbonyl (C=O) groups is 1. The minimum Gasteiger partial charge on any atom is -0.333 e. The second kappa shape index (κ2) is 7.34. The zero-order valence-electron chi connectivity index (χ0n) is 15.7. The van der Waals surface area contributed by atoms with E-state index in [0.29, 0.717) is 6.07 Å². The van der Waals surface area contributed by atoms with Crippen LogP contribution in [0, 0.1) is 22.9 Å². The van der Waals surface area contributed by atoms with Crippen molar-refractivity contribution in [2.24, 2.45) is 5.41 Å². The maximum atomic E-state index is 13.9. The van der Waals surface area contributed by atoms with E-state index in [1.807, 2.05) is 0 Å². The number of aromatic nitrogens is 3. The lowest BCUT2D eigenvalue weighted by Gasteiger charge is -2.32. The van der Waals surface area contributed by atoms with E-state index < -0.39 is 34.9 Å². The molecule has 1 aliphatic heterocycles. The van der Waals surface area contributed by atoms with Crippen LogP contribution in [0.4, 0.5) is 26.3 Å². The molecule has 0 unspecified atom stereocenters. The Hall–Kier alpha value is -2.59. The SMILES string of the molecule is CC(C)(CC(=O)N1CCn2c(nnc2C(F)(F)F)C1)Cc1cc(F)c(F)cc1F. The number of fused-ring (bicyclic) bond motifs is 1. The fourth-order valence-corrected chi connectivity index (χ4v) is 3.38. The number of halogens is 6. The summed E-state index contributed by atoms with van der Waals surface area (Å²) in [6, 6.07) is 1.22. The number of nitrogens with zero attached hydrogens (tertiary/aromatic N) is 4. The number of alkyl halides is 3. The summed E-state index contributed by atoms with van der Waals surface area (Å²) >= 11 is 0. The van der Waals surface area contributed by atoms with Crippen molar-refractivity contribution in [3.63, 3.8) is 0 Å². The third kappa shape index (κ3) is 4.54. The van der Waals surface area contributed by atoms with Gasteiger partial charge in [0.1, 0.15) is 5.82 Å². The molecule has 0 atom stereocenters. The van der Waals surface area contributed by atoms with E-state index in [-0.39, 0.29) is 49.8 Å².